The molecule has 0 aromatic rings. The van der Waals surface area contributed by atoms with Crippen molar-refractivity contribution in [3.8, 4) is 0 Å². The molecule has 0 aromatic carbocycles. The van der Waals surface area contributed by atoms with E-state index in [1.807, 2.05) is 14.0 Å². The SMILES string of the molecule is CCNC(=O)CN(C)C(=O)CC1(NC)CCCCC1. The van der Waals surface area contributed by atoms with Gasteiger partial charge in [-0.05, 0) is 26.8 Å². The lowest BCUT2D eigenvalue weighted by atomic mass is 9.79. The van der Waals surface area contributed by atoms with Crippen molar-refractivity contribution < 1.29 is 9.59 Å². The normalized spacial score (nSPS) is 17.8. The van der Waals surface area contributed by atoms with E-state index in [2.05, 4.69) is 10.6 Å². The predicted molar refractivity (Wildman–Crippen MR) is 75.8 cm³/mol. The summed E-state index contributed by atoms with van der Waals surface area (Å²) >= 11 is 0. The van der Waals surface area contributed by atoms with E-state index in [4.69, 9.17) is 0 Å². The molecule has 0 saturated heterocycles. The van der Waals surface area contributed by atoms with E-state index in [-0.39, 0.29) is 23.9 Å². The summed E-state index contributed by atoms with van der Waals surface area (Å²) in [6.07, 6.45) is 6.18. The Morgan fingerprint density at radius 2 is 1.84 bits per heavy atom. The smallest absolute Gasteiger partial charge is 0.239 e. The molecule has 0 spiro atoms. The van der Waals surface area contributed by atoms with Crippen molar-refractivity contribution in [1.82, 2.24) is 15.5 Å². The van der Waals surface area contributed by atoms with Crippen molar-refractivity contribution >= 4 is 11.8 Å². The summed E-state index contributed by atoms with van der Waals surface area (Å²) in [5.41, 5.74) is -0.0647. The number of nitrogens with zero attached hydrogens (tertiary/aromatic N) is 1. The van der Waals surface area contributed by atoms with E-state index in [9.17, 15) is 9.59 Å². The molecule has 0 aliphatic heterocycles. The standard InChI is InChI=1S/C14H27N3O2/c1-4-16-12(18)11-17(3)13(19)10-14(15-2)8-6-5-7-9-14/h15H,4-11H2,1-3H3,(H,16,18). The van der Waals surface area contributed by atoms with E-state index in [0.717, 1.165) is 12.8 Å². The van der Waals surface area contributed by atoms with Crippen LogP contribution < -0.4 is 10.6 Å². The third kappa shape index (κ3) is 4.82. The lowest BCUT2D eigenvalue weighted by Gasteiger charge is -2.37. The van der Waals surface area contributed by atoms with Crippen molar-refractivity contribution in [1.29, 1.82) is 0 Å². The summed E-state index contributed by atoms with van der Waals surface area (Å²) in [7, 11) is 3.63. The number of hydrogen-bond acceptors (Lipinski definition) is 3. The molecule has 1 aliphatic carbocycles. The van der Waals surface area contributed by atoms with E-state index >= 15 is 0 Å². The quantitative estimate of drug-likeness (QED) is 0.753. The molecule has 5 heteroatoms. The molecule has 1 saturated carbocycles. The average Bonchev–Trinajstić information content (AvgIpc) is 2.40. The summed E-state index contributed by atoms with van der Waals surface area (Å²) in [5, 5.41) is 6.04. The molecule has 19 heavy (non-hydrogen) atoms. The Morgan fingerprint density at radius 1 is 1.21 bits per heavy atom. The molecule has 0 heterocycles. The van der Waals surface area contributed by atoms with Crippen LogP contribution >= 0.6 is 0 Å². The van der Waals surface area contributed by atoms with Gasteiger partial charge in [-0.1, -0.05) is 19.3 Å². The number of rotatable bonds is 6. The fourth-order valence-electron chi connectivity index (χ4n) is 2.72. The van der Waals surface area contributed by atoms with Gasteiger partial charge in [-0.2, -0.15) is 0 Å². The average molecular weight is 269 g/mol. The lowest BCUT2D eigenvalue weighted by molar-refractivity contribution is -0.136. The van der Waals surface area contributed by atoms with Crippen LogP contribution in [0.5, 0.6) is 0 Å². The molecule has 2 amide bonds. The molecule has 110 valence electrons. The van der Waals surface area contributed by atoms with Gasteiger partial charge in [0.25, 0.3) is 0 Å². The van der Waals surface area contributed by atoms with Crippen LogP contribution in [0.3, 0.4) is 0 Å². The van der Waals surface area contributed by atoms with Gasteiger partial charge in [-0.15, -0.1) is 0 Å². The summed E-state index contributed by atoms with van der Waals surface area (Å²) in [5.74, 6) is -0.0528. The molecule has 2 N–H and O–H groups in total. The second-order valence-corrected chi connectivity index (χ2v) is 5.47. The van der Waals surface area contributed by atoms with Gasteiger partial charge in [0, 0.05) is 25.6 Å². The third-order valence-corrected chi connectivity index (χ3v) is 4.01. The van der Waals surface area contributed by atoms with Crippen LogP contribution in [-0.4, -0.2) is 49.4 Å². The highest BCUT2D eigenvalue weighted by Crippen LogP contribution is 2.31. The zero-order valence-electron chi connectivity index (χ0n) is 12.4. The first-order chi connectivity index (χ1) is 9.03. The van der Waals surface area contributed by atoms with E-state index in [1.165, 1.54) is 24.2 Å². The zero-order chi connectivity index (χ0) is 14.3. The summed E-state index contributed by atoms with van der Waals surface area (Å²) in [6, 6.07) is 0. The highest BCUT2D eigenvalue weighted by molar-refractivity contribution is 5.85. The minimum absolute atomic E-state index is 0.0440. The molecular weight excluding hydrogens is 242 g/mol. The molecule has 0 atom stereocenters. The maximum atomic E-state index is 12.2. The van der Waals surface area contributed by atoms with Crippen molar-refractivity contribution in [2.75, 3.05) is 27.2 Å². The zero-order valence-corrected chi connectivity index (χ0v) is 12.4. The van der Waals surface area contributed by atoms with Crippen LogP contribution in [0.15, 0.2) is 0 Å². The van der Waals surface area contributed by atoms with Gasteiger partial charge in [0.1, 0.15) is 0 Å². The fourth-order valence-corrected chi connectivity index (χ4v) is 2.72. The van der Waals surface area contributed by atoms with Crippen LogP contribution in [-0.2, 0) is 9.59 Å². The summed E-state index contributed by atoms with van der Waals surface area (Å²) < 4.78 is 0. The van der Waals surface area contributed by atoms with E-state index in [0.29, 0.717) is 13.0 Å². The molecule has 0 unspecified atom stereocenters. The van der Waals surface area contributed by atoms with Gasteiger partial charge in [-0.3, -0.25) is 9.59 Å². The Kier molecular flexibility index (Phi) is 6.28. The highest BCUT2D eigenvalue weighted by Gasteiger charge is 2.33. The number of likely N-dealkylation sites (N-methyl/N-ethyl adjacent to an activating group) is 2. The molecule has 0 radical (unpaired) electrons. The molecule has 1 rings (SSSR count). The maximum absolute atomic E-state index is 12.2. The number of amides is 2. The molecule has 5 nitrogen and oxygen atoms in total. The van der Waals surface area contributed by atoms with Crippen LogP contribution in [0.2, 0.25) is 0 Å². The van der Waals surface area contributed by atoms with Crippen molar-refractivity contribution in [2.24, 2.45) is 0 Å². The first-order valence-corrected chi connectivity index (χ1v) is 7.22. The summed E-state index contributed by atoms with van der Waals surface area (Å²) in [4.78, 5) is 25.2. The van der Waals surface area contributed by atoms with Crippen LogP contribution in [0.4, 0.5) is 0 Å². The van der Waals surface area contributed by atoms with Gasteiger partial charge in [0.2, 0.25) is 11.8 Å². The Morgan fingerprint density at radius 3 is 2.37 bits per heavy atom. The molecule has 0 aromatic heterocycles. The van der Waals surface area contributed by atoms with Gasteiger partial charge < -0.3 is 15.5 Å². The second-order valence-electron chi connectivity index (χ2n) is 5.47. The van der Waals surface area contributed by atoms with Crippen LogP contribution in [0.25, 0.3) is 0 Å². The van der Waals surface area contributed by atoms with Crippen molar-refractivity contribution in [3.05, 3.63) is 0 Å². The lowest BCUT2D eigenvalue weighted by Crippen LogP contribution is -2.49. The molecule has 0 bridgehead atoms. The number of carbonyl (C=O) groups is 2. The van der Waals surface area contributed by atoms with Crippen molar-refractivity contribution in [2.45, 2.75) is 51.0 Å². The first-order valence-electron chi connectivity index (χ1n) is 7.22. The van der Waals surface area contributed by atoms with Crippen LogP contribution in [0.1, 0.15) is 45.4 Å². The van der Waals surface area contributed by atoms with Gasteiger partial charge in [-0.25, -0.2) is 0 Å². The van der Waals surface area contributed by atoms with Crippen LogP contribution in [0, 0.1) is 0 Å². The first kappa shape index (κ1) is 16.0. The summed E-state index contributed by atoms with van der Waals surface area (Å²) in [6.45, 7) is 2.62. The number of nitrogens with one attached hydrogen (secondary N) is 2. The van der Waals surface area contributed by atoms with E-state index in [1.54, 1.807) is 7.05 Å². The highest BCUT2D eigenvalue weighted by atomic mass is 16.2. The minimum atomic E-state index is -0.0968. The number of hydrogen-bond donors (Lipinski definition) is 2. The van der Waals surface area contributed by atoms with Gasteiger partial charge in [0.05, 0.1) is 6.54 Å². The fraction of sp³-hybridized carbons (Fsp3) is 0.857. The molecule has 1 aliphatic rings. The Balaban J connectivity index is 2.49. The minimum Gasteiger partial charge on any atom is -0.355 e. The van der Waals surface area contributed by atoms with E-state index < -0.39 is 0 Å². The Labute approximate surface area is 116 Å². The largest absolute Gasteiger partial charge is 0.355 e. The Bertz CT molecular complexity index is 312. The third-order valence-electron chi connectivity index (χ3n) is 4.01. The predicted octanol–water partition coefficient (Wildman–Crippen LogP) is 0.893. The second kappa shape index (κ2) is 7.48. The Hall–Kier alpha value is -1.10. The van der Waals surface area contributed by atoms with Crippen molar-refractivity contribution in [3.63, 3.8) is 0 Å². The topological polar surface area (TPSA) is 61.4 Å². The molecule has 1 fully saturated rings. The molecular formula is C14H27N3O2. The monoisotopic (exact) mass is 269 g/mol. The number of carbonyl (C=O) groups excluding carboxylic acids is 2. The van der Waals surface area contributed by atoms with Gasteiger partial charge >= 0.3 is 0 Å². The van der Waals surface area contributed by atoms with Gasteiger partial charge in [0.15, 0.2) is 0 Å². The maximum Gasteiger partial charge on any atom is 0.239 e.